The van der Waals surface area contributed by atoms with E-state index >= 15 is 0 Å². The summed E-state index contributed by atoms with van der Waals surface area (Å²) in [6, 6.07) is 7.27. The first-order chi connectivity index (χ1) is 8.69. The van der Waals surface area contributed by atoms with Gasteiger partial charge in [0.05, 0.1) is 13.3 Å². The number of anilines is 1. The molecule has 0 amide bonds. The van der Waals surface area contributed by atoms with Crippen LogP contribution in [0.5, 0.6) is 5.75 Å². The van der Waals surface area contributed by atoms with Crippen molar-refractivity contribution >= 4 is 5.69 Å². The maximum absolute atomic E-state index is 13.0. The molecule has 3 nitrogen and oxygen atoms in total. The molecule has 0 aliphatic heterocycles. The van der Waals surface area contributed by atoms with Crippen molar-refractivity contribution < 1.29 is 9.13 Å². The molecule has 0 spiro atoms. The molecule has 1 N–H and O–H groups in total. The van der Waals surface area contributed by atoms with Crippen molar-refractivity contribution in [2.24, 2.45) is 0 Å². The Balaban J connectivity index is 2.10. The van der Waals surface area contributed by atoms with Crippen LogP contribution in [0.25, 0.3) is 0 Å². The molecule has 0 aliphatic rings. The quantitative estimate of drug-likeness (QED) is 0.899. The molecule has 0 saturated heterocycles. The van der Waals surface area contributed by atoms with Gasteiger partial charge in [-0.1, -0.05) is 6.07 Å². The fourth-order valence-corrected chi connectivity index (χ4v) is 1.67. The van der Waals surface area contributed by atoms with Crippen LogP contribution in [0.2, 0.25) is 0 Å². The molecule has 0 saturated carbocycles. The fourth-order valence-electron chi connectivity index (χ4n) is 1.67. The first kappa shape index (κ1) is 12.4. The molecule has 0 unspecified atom stereocenters. The second kappa shape index (κ2) is 5.49. The highest BCUT2D eigenvalue weighted by atomic mass is 19.1. The van der Waals surface area contributed by atoms with Crippen molar-refractivity contribution in [3.8, 4) is 5.75 Å². The number of pyridine rings is 1. The van der Waals surface area contributed by atoms with Gasteiger partial charge in [-0.3, -0.25) is 4.98 Å². The third kappa shape index (κ3) is 2.97. The Kier molecular flexibility index (Phi) is 3.77. The van der Waals surface area contributed by atoms with E-state index in [0.29, 0.717) is 6.54 Å². The van der Waals surface area contributed by atoms with E-state index in [1.165, 1.54) is 12.3 Å². The van der Waals surface area contributed by atoms with Gasteiger partial charge in [0.2, 0.25) is 0 Å². The number of aryl methyl sites for hydroxylation is 1. The van der Waals surface area contributed by atoms with E-state index in [9.17, 15) is 4.39 Å². The highest BCUT2D eigenvalue weighted by molar-refractivity contribution is 5.54. The third-order valence-corrected chi connectivity index (χ3v) is 2.69. The molecule has 0 aliphatic carbocycles. The molecule has 2 rings (SSSR count). The van der Waals surface area contributed by atoms with Crippen LogP contribution in [0.1, 0.15) is 11.1 Å². The van der Waals surface area contributed by atoms with Gasteiger partial charge in [0.25, 0.3) is 0 Å². The Morgan fingerprint density at radius 2 is 2.11 bits per heavy atom. The van der Waals surface area contributed by atoms with Crippen LogP contribution in [-0.2, 0) is 6.54 Å². The highest BCUT2D eigenvalue weighted by Gasteiger charge is 2.01. The number of halogens is 1. The number of benzene rings is 1. The minimum atomic E-state index is -0.323. The summed E-state index contributed by atoms with van der Waals surface area (Å²) in [7, 11) is 1.63. The summed E-state index contributed by atoms with van der Waals surface area (Å²) in [6.07, 6.45) is 2.84. The Hall–Kier alpha value is -2.10. The van der Waals surface area contributed by atoms with Crippen LogP contribution >= 0.6 is 0 Å². The molecule has 0 bridgehead atoms. The van der Waals surface area contributed by atoms with Gasteiger partial charge >= 0.3 is 0 Å². The van der Waals surface area contributed by atoms with E-state index in [4.69, 9.17) is 4.74 Å². The molecule has 1 aromatic carbocycles. The van der Waals surface area contributed by atoms with E-state index < -0.39 is 0 Å². The van der Waals surface area contributed by atoms with Gasteiger partial charge in [0.15, 0.2) is 0 Å². The molecule has 0 atom stereocenters. The minimum Gasteiger partial charge on any atom is -0.497 e. The van der Waals surface area contributed by atoms with E-state index in [2.05, 4.69) is 10.3 Å². The SMILES string of the molecule is COc1ccc(C)c(NCc2cncc(F)c2)c1. The lowest BCUT2D eigenvalue weighted by Gasteiger charge is -2.11. The number of hydrogen-bond donors (Lipinski definition) is 1. The highest BCUT2D eigenvalue weighted by Crippen LogP contribution is 2.22. The van der Waals surface area contributed by atoms with E-state index in [1.54, 1.807) is 13.3 Å². The zero-order valence-corrected chi connectivity index (χ0v) is 10.4. The standard InChI is InChI=1S/C14H15FN2O/c1-10-3-4-13(18-2)6-14(10)17-8-11-5-12(15)9-16-7-11/h3-7,9,17H,8H2,1-2H3. The fraction of sp³-hybridized carbons (Fsp3) is 0.214. The number of ether oxygens (including phenoxy) is 1. The van der Waals surface area contributed by atoms with Crippen LogP contribution in [0.4, 0.5) is 10.1 Å². The molecule has 0 radical (unpaired) electrons. The predicted molar refractivity (Wildman–Crippen MR) is 69.3 cm³/mol. The monoisotopic (exact) mass is 246 g/mol. The molecule has 1 heterocycles. The van der Waals surface area contributed by atoms with Crippen molar-refractivity contribution in [2.75, 3.05) is 12.4 Å². The lowest BCUT2D eigenvalue weighted by molar-refractivity contribution is 0.415. The van der Waals surface area contributed by atoms with E-state index in [1.807, 2.05) is 25.1 Å². The minimum absolute atomic E-state index is 0.323. The molecule has 4 heteroatoms. The average Bonchev–Trinajstić information content (AvgIpc) is 2.38. The summed E-state index contributed by atoms with van der Waals surface area (Å²) in [5.74, 6) is 0.470. The average molecular weight is 246 g/mol. The largest absolute Gasteiger partial charge is 0.497 e. The molecule has 94 valence electrons. The number of methoxy groups -OCH3 is 1. The molecule has 2 aromatic rings. The predicted octanol–water partition coefficient (Wildman–Crippen LogP) is 3.15. The topological polar surface area (TPSA) is 34.1 Å². The number of rotatable bonds is 4. The maximum atomic E-state index is 13.0. The van der Waals surface area contributed by atoms with Gasteiger partial charge in [-0.2, -0.15) is 0 Å². The first-order valence-corrected chi connectivity index (χ1v) is 5.67. The van der Waals surface area contributed by atoms with Crippen molar-refractivity contribution in [1.29, 1.82) is 0 Å². The van der Waals surface area contributed by atoms with Crippen molar-refractivity contribution in [1.82, 2.24) is 4.98 Å². The zero-order valence-electron chi connectivity index (χ0n) is 10.4. The van der Waals surface area contributed by atoms with Gasteiger partial charge in [-0.15, -0.1) is 0 Å². The lowest BCUT2D eigenvalue weighted by atomic mass is 10.2. The Morgan fingerprint density at radius 3 is 2.83 bits per heavy atom. The summed E-state index contributed by atoms with van der Waals surface area (Å²) in [5.41, 5.74) is 2.89. The smallest absolute Gasteiger partial charge is 0.141 e. The Morgan fingerprint density at radius 1 is 1.28 bits per heavy atom. The number of nitrogens with zero attached hydrogens (tertiary/aromatic N) is 1. The second-order valence-corrected chi connectivity index (χ2v) is 4.05. The second-order valence-electron chi connectivity index (χ2n) is 4.05. The van der Waals surface area contributed by atoms with Gasteiger partial charge in [-0.25, -0.2) is 4.39 Å². The Bertz CT molecular complexity index is 543. The van der Waals surface area contributed by atoms with Crippen molar-refractivity contribution in [3.05, 3.63) is 53.6 Å². The van der Waals surface area contributed by atoms with Crippen LogP contribution < -0.4 is 10.1 Å². The third-order valence-electron chi connectivity index (χ3n) is 2.69. The van der Waals surface area contributed by atoms with Gasteiger partial charge in [-0.05, 0) is 30.2 Å². The zero-order chi connectivity index (χ0) is 13.0. The number of aromatic nitrogens is 1. The van der Waals surface area contributed by atoms with Gasteiger partial charge in [0.1, 0.15) is 11.6 Å². The van der Waals surface area contributed by atoms with Crippen LogP contribution in [0, 0.1) is 12.7 Å². The van der Waals surface area contributed by atoms with Crippen LogP contribution in [0.15, 0.2) is 36.7 Å². The molecule has 0 fully saturated rings. The Labute approximate surface area is 106 Å². The molecule has 18 heavy (non-hydrogen) atoms. The molecule has 1 aromatic heterocycles. The van der Waals surface area contributed by atoms with Gasteiger partial charge < -0.3 is 10.1 Å². The summed E-state index contributed by atoms with van der Waals surface area (Å²) >= 11 is 0. The normalized spacial score (nSPS) is 10.2. The molecular formula is C14H15FN2O. The maximum Gasteiger partial charge on any atom is 0.141 e. The summed E-state index contributed by atoms with van der Waals surface area (Å²) < 4.78 is 18.1. The lowest BCUT2D eigenvalue weighted by Crippen LogP contribution is -2.02. The van der Waals surface area contributed by atoms with E-state index in [0.717, 1.165) is 22.6 Å². The van der Waals surface area contributed by atoms with Crippen LogP contribution in [-0.4, -0.2) is 12.1 Å². The van der Waals surface area contributed by atoms with Crippen LogP contribution in [0.3, 0.4) is 0 Å². The first-order valence-electron chi connectivity index (χ1n) is 5.67. The summed E-state index contributed by atoms with van der Waals surface area (Å²) in [4.78, 5) is 3.81. The number of nitrogens with one attached hydrogen (secondary N) is 1. The van der Waals surface area contributed by atoms with Crippen molar-refractivity contribution in [2.45, 2.75) is 13.5 Å². The summed E-state index contributed by atoms with van der Waals surface area (Å²) in [6.45, 7) is 2.53. The molecular weight excluding hydrogens is 231 g/mol. The van der Waals surface area contributed by atoms with Gasteiger partial charge in [0, 0.05) is 24.5 Å². The van der Waals surface area contributed by atoms with Crippen molar-refractivity contribution in [3.63, 3.8) is 0 Å². The number of hydrogen-bond acceptors (Lipinski definition) is 3. The van der Waals surface area contributed by atoms with E-state index in [-0.39, 0.29) is 5.82 Å². The summed E-state index contributed by atoms with van der Waals surface area (Å²) in [5, 5.41) is 3.24.